The fourth-order valence-corrected chi connectivity index (χ4v) is 2.40. The van der Waals surface area contributed by atoms with Gasteiger partial charge in [0, 0.05) is 33.7 Å². The summed E-state index contributed by atoms with van der Waals surface area (Å²) in [5.41, 5.74) is 0.966. The molecule has 0 aliphatic carbocycles. The Bertz CT molecular complexity index is 613. The second-order valence-corrected chi connectivity index (χ2v) is 6.35. The van der Waals surface area contributed by atoms with Gasteiger partial charge in [-0.25, -0.2) is 4.39 Å². The molecule has 0 unspecified atom stereocenters. The molecule has 0 saturated heterocycles. The second-order valence-electron chi connectivity index (χ2n) is 4.99. The lowest BCUT2D eigenvalue weighted by atomic mass is 10.2. The van der Waals surface area contributed by atoms with Crippen LogP contribution < -0.4 is 10.1 Å². The van der Waals surface area contributed by atoms with Gasteiger partial charge < -0.3 is 10.1 Å². The molecule has 0 amide bonds. The number of rotatable bonds is 5. The molecule has 2 aromatic rings. The molecule has 21 heavy (non-hydrogen) atoms. The molecule has 0 heterocycles. The van der Waals surface area contributed by atoms with E-state index in [1.807, 2.05) is 12.1 Å². The van der Waals surface area contributed by atoms with E-state index in [-0.39, 0.29) is 5.82 Å². The summed E-state index contributed by atoms with van der Waals surface area (Å²) in [4.78, 5) is 0. The van der Waals surface area contributed by atoms with Crippen LogP contribution in [0.3, 0.4) is 0 Å². The van der Waals surface area contributed by atoms with Crippen LogP contribution in [0, 0.1) is 5.82 Å². The number of benzene rings is 2. The first-order chi connectivity index (χ1) is 9.94. The van der Waals surface area contributed by atoms with Crippen LogP contribution in [0.4, 0.5) is 4.39 Å². The summed E-state index contributed by atoms with van der Waals surface area (Å²) < 4.78 is 19.8. The first-order valence-corrected chi connectivity index (χ1v) is 7.77. The Hall–Kier alpha value is -1.10. The topological polar surface area (TPSA) is 21.3 Å². The minimum absolute atomic E-state index is 0.358. The Morgan fingerprint density at radius 2 is 2.00 bits per heavy atom. The van der Waals surface area contributed by atoms with Gasteiger partial charge in [0.1, 0.15) is 17.3 Å². The molecule has 0 atom stereocenters. The Morgan fingerprint density at radius 1 is 1.24 bits per heavy atom. The lowest BCUT2D eigenvalue weighted by molar-refractivity contribution is 0.464. The maximum Gasteiger partial charge on any atom is 0.133 e. The molecule has 0 fully saturated rings. The molecule has 2 aromatic carbocycles. The van der Waals surface area contributed by atoms with Crippen molar-refractivity contribution < 1.29 is 9.13 Å². The monoisotopic (exact) mass is 371 g/mol. The van der Waals surface area contributed by atoms with Gasteiger partial charge in [0.05, 0.1) is 0 Å². The largest absolute Gasteiger partial charge is 0.457 e. The van der Waals surface area contributed by atoms with Crippen molar-refractivity contribution in [2.24, 2.45) is 0 Å². The second kappa shape index (κ2) is 7.25. The zero-order valence-electron chi connectivity index (χ0n) is 11.8. The van der Waals surface area contributed by atoms with Crippen LogP contribution in [-0.2, 0) is 6.54 Å². The van der Waals surface area contributed by atoms with Gasteiger partial charge in [0.15, 0.2) is 0 Å². The molecular formula is C16H16BrClFNO. The van der Waals surface area contributed by atoms with Gasteiger partial charge in [0.25, 0.3) is 0 Å². The summed E-state index contributed by atoms with van der Waals surface area (Å²) in [6.45, 7) is 4.79. The van der Waals surface area contributed by atoms with Gasteiger partial charge in [-0.2, -0.15) is 0 Å². The highest BCUT2D eigenvalue weighted by Crippen LogP contribution is 2.30. The molecule has 112 valence electrons. The Labute approximate surface area is 137 Å². The van der Waals surface area contributed by atoms with Crippen molar-refractivity contribution in [1.29, 1.82) is 0 Å². The first kappa shape index (κ1) is 16.3. The smallest absolute Gasteiger partial charge is 0.133 e. The summed E-state index contributed by atoms with van der Waals surface area (Å²) in [5.74, 6) is 0.686. The van der Waals surface area contributed by atoms with Crippen LogP contribution >= 0.6 is 27.5 Å². The molecule has 0 spiro atoms. The maximum absolute atomic E-state index is 13.4. The Balaban J connectivity index is 2.26. The Kier molecular flexibility index (Phi) is 5.62. The van der Waals surface area contributed by atoms with Crippen molar-refractivity contribution >= 4 is 27.5 Å². The van der Waals surface area contributed by atoms with E-state index in [4.69, 9.17) is 16.3 Å². The van der Waals surface area contributed by atoms with Crippen LogP contribution in [0.15, 0.2) is 40.9 Å². The summed E-state index contributed by atoms with van der Waals surface area (Å²) in [6, 6.07) is 10.2. The molecule has 5 heteroatoms. The number of halogens is 3. The van der Waals surface area contributed by atoms with Crippen molar-refractivity contribution in [3.8, 4) is 11.5 Å². The molecule has 0 aliphatic rings. The minimum Gasteiger partial charge on any atom is -0.457 e. The number of nitrogens with one attached hydrogen (secondary N) is 1. The van der Waals surface area contributed by atoms with Gasteiger partial charge in [-0.1, -0.05) is 47.4 Å². The fourth-order valence-electron chi connectivity index (χ4n) is 1.80. The highest BCUT2D eigenvalue weighted by molar-refractivity contribution is 9.10. The summed E-state index contributed by atoms with van der Waals surface area (Å²) in [6.07, 6.45) is 0. The summed E-state index contributed by atoms with van der Waals surface area (Å²) in [5, 5.41) is 3.90. The first-order valence-electron chi connectivity index (χ1n) is 6.60. The third kappa shape index (κ3) is 4.99. The van der Waals surface area contributed by atoms with Crippen molar-refractivity contribution in [3.05, 3.63) is 57.3 Å². The highest BCUT2D eigenvalue weighted by atomic mass is 79.9. The number of hydrogen-bond acceptors (Lipinski definition) is 2. The van der Waals surface area contributed by atoms with Crippen LogP contribution in [0.5, 0.6) is 11.5 Å². The van der Waals surface area contributed by atoms with Gasteiger partial charge in [-0.15, -0.1) is 0 Å². The van der Waals surface area contributed by atoms with Crippen molar-refractivity contribution in [2.45, 2.75) is 26.4 Å². The molecule has 2 rings (SSSR count). The van der Waals surface area contributed by atoms with Crippen LogP contribution in [0.2, 0.25) is 5.02 Å². The van der Waals surface area contributed by atoms with Gasteiger partial charge in [-0.05, 0) is 24.3 Å². The van der Waals surface area contributed by atoms with E-state index in [0.29, 0.717) is 33.6 Å². The molecule has 2 nitrogen and oxygen atoms in total. The normalized spacial score (nSPS) is 11.0. The standard InChI is InChI=1S/C16H16BrClFNO/c1-10(2)20-9-11-3-4-13(18)7-16(11)21-15-6-12(17)5-14(19)8-15/h3-8,10,20H,9H2,1-2H3. The van der Waals surface area contributed by atoms with E-state index in [1.54, 1.807) is 12.1 Å². The van der Waals surface area contributed by atoms with Crippen molar-refractivity contribution in [2.75, 3.05) is 0 Å². The SMILES string of the molecule is CC(C)NCc1ccc(Cl)cc1Oc1cc(F)cc(Br)c1. The van der Waals surface area contributed by atoms with Crippen LogP contribution in [-0.4, -0.2) is 6.04 Å². The highest BCUT2D eigenvalue weighted by Gasteiger charge is 2.08. The zero-order valence-corrected chi connectivity index (χ0v) is 14.1. The van der Waals surface area contributed by atoms with E-state index in [0.717, 1.165) is 5.56 Å². The number of hydrogen-bond donors (Lipinski definition) is 1. The summed E-state index contributed by atoms with van der Waals surface area (Å²) in [7, 11) is 0. The van der Waals surface area contributed by atoms with Crippen molar-refractivity contribution in [1.82, 2.24) is 5.32 Å². The summed E-state index contributed by atoms with van der Waals surface area (Å²) >= 11 is 9.28. The van der Waals surface area contributed by atoms with E-state index in [2.05, 4.69) is 35.1 Å². The van der Waals surface area contributed by atoms with E-state index >= 15 is 0 Å². The third-order valence-electron chi connectivity index (χ3n) is 2.79. The predicted molar refractivity (Wildman–Crippen MR) is 87.6 cm³/mol. The van der Waals surface area contributed by atoms with Crippen LogP contribution in [0.25, 0.3) is 0 Å². The fraction of sp³-hybridized carbons (Fsp3) is 0.250. The number of ether oxygens (including phenoxy) is 1. The van der Waals surface area contributed by atoms with Gasteiger partial charge in [-0.3, -0.25) is 0 Å². The van der Waals surface area contributed by atoms with Crippen molar-refractivity contribution in [3.63, 3.8) is 0 Å². The Morgan fingerprint density at radius 3 is 2.67 bits per heavy atom. The molecule has 0 aliphatic heterocycles. The van der Waals surface area contributed by atoms with E-state index in [1.165, 1.54) is 12.1 Å². The predicted octanol–water partition coefficient (Wildman–Crippen LogP) is 5.53. The third-order valence-corrected chi connectivity index (χ3v) is 3.49. The molecule has 1 N–H and O–H groups in total. The minimum atomic E-state index is -0.358. The zero-order chi connectivity index (χ0) is 15.4. The van der Waals surface area contributed by atoms with E-state index in [9.17, 15) is 4.39 Å². The molecule has 0 bridgehead atoms. The maximum atomic E-state index is 13.4. The van der Waals surface area contributed by atoms with Gasteiger partial charge in [0.2, 0.25) is 0 Å². The molecule has 0 radical (unpaired) electrons. The average molecular weight is 373 g/mol. The lowest BCUT2D eigenvalue weighted by Gasteiger charge is -2.14. The lowest BCUT2D eigenvalue weighted by Crippen LogP contribution is -2.22. The van der Waals surface area contributed by atoms with Gasteiger partial charge >= 0.3 is 0 Å². The molecular weight excluding hydrogens is 357 g/mol. The average Bonchev–Trinajstić information content (AvgIpc) is 2.36. The quantitative estimate of drug-likeness (QED) is 0.745. The van der Waals surface area contributed by atoms with E-state index < -0.39 is 0 Å². The van der Waals surface area contributed by atoms with Crippen LogP contribution in [0.1, 0.15) is 19.4 Å². The molecule has 0 aromatic heterocycles. The molecule has 0 saturated carbocycles.